The third-order valence-electron chi connectivity index (χ3n) is 1.42. The Hall–Kier alpha value is -0.830. The molecule has 0 aliphatic carbocycles. The van der Waals surface area contributed by atoms with Crippen molar-refractivity contribution in [2.45, 2.75) is 19.8 Å². The number of rotatable bonds is 5. The Morgan fingerprint density at radius 2 is 2.27 bits per heavy atom. The Balaban J connectivity index is 3.48. The normalized spacial score (nSPS) is 11.6. The smallest absolute Gasteiger partial charge is 0.330 e. The summed E-state index contributed by atoms with van der Waals surface area (Å²) < 4.78 is 0. The van der Waals surface area contributed by atoms with Crippen molar-refractivity contribution in [2.24, 2.45) is 0 Å². The van der Waals surface area contributed by atoms with Gasteiger partial charge in [0, 0.05) is 5.57 Å². The van der Waals surface area contributed by atoms with Gasteiger partial charge in [-0.3, -0.25) is 0 Å². The zero-order chi connectivity index (χ0) is 8.69. The first-order valence-corrected chi connectivity index (χ1v) is 3.73. The molecule has 0 fully saturated rings. The van der Waals surface area contributed by atoms with Crippen LogP contribution in [0, 0.1) is 0 Å². The van der Waals surface area contributed by atoms with Gasteiger partial charge in [0.25, 0.3) is 0 Å². The molecular formula is C8H15NO2. The fourth-order valence-electron chi connectivity index (χ4n) is 0.685. The molecule has 0 aromatic rings. The van der Waals surface area contributed by atoms with Gasteiger partial charge in [0.2, 0.25) is 0 Å². The van der Waals surface area contributed by atoms with Crippen molar-refractivity contribution in [2.75, 3.05) is 13.6 Å². The van der Waals surface area contributed by atoms with Crippen LogP contribution in [0.15, 0.2) is 11.6 Å². The summed E-state index contributed by atoms with van der Waals surface area (Å²) >= 11 is 0. The molecular weight excluding hydrogens is 142 g/mol. The number of unbranched alkanes of at least 4 members (excludes halogenated alkanes) is 1. The highest BCUT2D eigenvalue weighted by atomic mass is 16.4. The number of carboxylic acid groups (broad SMARTS) is 1. The molecule has 0 bridgehead atoms. The maximum Gasteiger partial charge on any atom is 0.330 e. The summed E-state index contributed by atoms with van der Waals surface area (Å²) in [5, 5.41) is 11.4. The van der Waals surface area contributed by atoms with Crippen molar-refractivity contribution >= 4 is 5.97 Å². The van der Waals surface area contributed by atoms with Crippen molar-refractivity contribution in [3.8, 4) is 0 Å². The number of allylic oxidation sites excluding steroid dienone is 1. The second kappa shape index (κ2) is 5.92. The average Bonchev–Trinajstić information content (AvgIpc) is 1.97. The molecule has 0 spiro atoms. The summed E-state index contributed by atoms with van der Waals surface area (Å²) in [6, 6.07) is 0. The molecule has 0 heterocycles. The fraction of sp³-hybridized carbons (Fsp3) is 0.625. The molecule has 11 heavy (non-hydrogen) atoms. The predicted octanol–water partition coefficient (Wildman–Crippen LogP) is 1.02. The Morgan fingerprint density at radius 3 is 2.73 bits per heavy atom. The van der Waals surface area contributed by atoms with Crippen LogP contribution in [0.25, 0.3) is 0 Å². The molecule has 0 radical (unpaired) electrons. The first-order chi connectivity index (χ1) is 5.18. The molecule has 0 aliphatic heterocycles. The van der Waals surface area contributed by atoms with Gasteiger partial charge < -0.3 is 10.4 Å². The number of nitrogens with one attached hydrogen (secondary N) is 1. The lowest BCUT2D eigenvalue weighted by Crippen LogP contribution is -2.06. The lowest BCUT2D eigenvalue weighted by molar-refractivity contribution is -0.132. The quantitative estimate of drug-likeness (QED) is 0.462. The van der Waals surface area contributed by atoms with Gasteiger partial charge in [-0.25, -0.2) is 4.79 Å². The van der Waals surface area contributed by atoms with E-state index in [1.54, 1.807) is 13.0 Å². The Morgan fingerprint density at radius 1 is 1.64 bits per heavy atom. The first-order valence-electron chi connectivity index (χ1n) is 3.73. The number of aliphatic carboxylic acids is 1. The van der Waals surface area contributed by atoms with Crippen molar-refractivity contribution in [3.05, 3.63) is 11.6 Å². The lowest BCUT2D eigenvalue weighted by atomic mass is 10.2. The van der Waals surface area contributed by atoms with E-state index in [2.05, 4.69) is 5.32 Å². The van der Waals surface area contributed by atoms with Crippen LogP contribution in [0.5, 0.6) is 0 Å². The van der Waals surface area contributed by atoms with Gasteiger partial charge in [-0.2, -0.15) is 0 Å². The number of hydrogen-bond donors (Lipinski definition) is 2. The van der Waals surface area contributed by atoms with Crippen molar-refractivity contribution in [3.63, 3.8) is 0 Å². The minimum Gasteiger partial charge on any atom is -0.478 e. The molecule has 0 aliphatic rings. The topological polar surface area (TPSA) is 49.3 Å². The van der Waals surface area contributed by atoms with E-state index in [0.717, 1.165) is 19.4 Å². The molecule has 64 valence electrons. The van der Waals surface area contributed by atoms with Crippen LogP contribution < -0.4 is 5.32 Å². The third kappa shape index (κ3) is 5.61. The average molecular weight is 157 g/mol. The monoisotopic (exact) mass is 157 g/mol. The molecule has 2 N–H and O–H groups in total. The van der Waals surface area contributed by atoms with E-state index < -0.39 is 5.97 Å². The van der Waals surface area contributed by atoms with Gasteiger partial charge >= 0.3 is 5.97 Å². The molecule has 0 saturated carbocycles. The van der Waals surface area contributed by atoms with Crippen LogP contribution in [0.2, 0.25) is 0 Å². The Labute approximate surface area is 67.1 Å². The van der Waals surface area contributed by atoms with Gasteiger partial charge in [0.05, 0.1) is 0 Å². The fourth-order valence-corrected chi connectivity index (χ4v) is 0.685. The lowest BCUT2D eigenvalue weighted by Gasteiger charge is -1.95. The molecule has 3 heteroatoms. The third-order valence-corrected chi connectivity index (χ3v) is 1.42. The van der Waals surface area contributed by atoms with Crippen LogP contribution >= 0.6 is 0 Å². The van der Waals surface area contributed by atoms with Crippen molar-refractivity contribution in [1.82, 2.24) is 5.32 Å². The second-order valence-corrected chi connectivity index (χ2v) is 2.44. The zero-order valence-electron chi connectivity index (χ0n) is 7.05. The zero-order valence-corrected chi connectivity index (χ0v) is 7.05. The summed E-state index contributed by atoms with van der Waals surface area (Å²) in [6.45, 7) is 2.55. The van der Waals surface area contributed by atoms with E-state index in [1.165, 1.54) is 0 Å². The van der Waals surface area contributed by atoms with E-state index in [4.69, 9.17) is 5.11 Å². The number of carbonyl (C=O) groups is 1. The minimum absolute atomic E-state index is 0.432. The van der Waals surface area contributed by atoms with E-state index in [-0.39, 0.29) is 0 Å². The number of hydrogen-bond acceptors (Lipinski definition) is 2. The van der Waals surface area contributed by atoms with Crippen molar-refractivity contribution < 1.29 is 9.90 Å². The second-order valence-electron chi connectivity index (χ2n) is 2.44. The summed E-state index contributed by atoms with van der Waals surface area (Å²) in [5.74, 6) is -0.825. The van der Waals surface area contributed by atoms with Crippen LogP contribution in [-0.4, -0.2) is 24.7 Å². The van der Waals surface area contributed by atoms with E-state index in [1.807, 2.05) is 7.05 Å². The van der Waals surface area contributed by atoms with Crippen LogP contribution in [0.1, 0.15) is 19.8 Å². The van der Waals surface area contributed by atoms with E-state index >= 15 is 0 Å². The largest absolute Gasteiger partial charge is 0.478 e. The molecule has 3 nitrogen and oxygen atoms in total. The van der Waals surface area contributed by atoms with Gasteiger partial charge in [-0.05, 0) is 33.4 Å². The van der Waals surface area contributed by atoms with Crippen LogP contribution in [0.3, 0.4) is 0 Å². The molecule has 0 saturated heterocycles. The maximum absolute atomic E-state index is 10.3. The summed E-state index contributed by atoms with van der Waals surface area (Å²) in [6.07, 6.45) is 3.57. The highest BCUT2D eigenvalue weighted by Crippen LogP contribution is 1.97. The first kappa shape index (κ1) is 10.2. The molecule has 0 aromatic carbocycles. The minimum atomic E-state index is -0.825. The molecule has 0 rings (SSSR count). The predicted molar refractivity (Wildman–Crippen MR) is 44.6 cm³/mol. The number of carboxylic acids is 1. The van der Waals surface area contributed by atoms with E-state index in [9.17, 15) is 4.79 Å². The van der Waals surface area contributed by atoms with Gasteiger partial charge in [0.15, 0.2) is 0 Å². The molecule has 0 atom stereocenters. The van der Waals surface area contributed by atoms with Gasteiger partial charge in [0.1, 0.15) is 0 Å². The highest BCUT2D eigenvalue weighted by Gasteiger charge is 1.96. The summed E-state index contributed by atoms with van der Waals surface area (Å²) in [7, 11) is 1.88. The van der Waals surface area contributed by atoms with E-state index in [0.29, 0.717) is 5.57 Å². The van der Waals surface area contributed by atoms with Crippen molar-refractivity contribution in [1.29, 1.82) is 0 Å². The SMILES string of the molecule is CNCCC/C=C(\C)C(=O)O. The summed E-state index contributed by atoms with van der Waals surface area (Å²) in [5.41, 5.74) is 0.432. The standard InChI is InChI=1S/C8H15NO2/c1-7(8(10)11)5-3-4-6-9-2/h5,9H,3-4,6H2,1-2H3,(H,10,11)/b7-5+. The van der Waals surface area contributed by atoms with Crippen LogP contribution in [-0.2, 0) is 4.79 Å². The highest BCUT2D eigenvalue weighted by molar-refractivity contribution is 5.85. The molecule has 0 amide bonds. The van der Waals surface area contributed by atoms with Gasteiger partial charge in [-0.15, -0.1) is 0 Å². The van der Waals surface area contributed by atoms with Crippen LogP contribution in [0.4, 0.5) is 0 Å². The Kier molecular flexibility index (Phi) is 5.47. The maximum atomic E-state index is 10.3. The molecule has 0 unspecified atom stereocenters. The molecule has 0 aromatic heterocycles. The Bertz CT molecular complexity index is 152. The van der Waals surface area contributed by atoms with Gasteiger partial charge in [-0.1, -0.05) is 6.08 Å². The summed E-state index contributed by atoms with van der Waals surface area (Å²) in [4.78, 5) is 10.3.